The summed E-state index contributed by atoms with van der Waals surface area (Å²) in [5.41, 5.74) is -0.0276. The molecule has 0 N–H and O–H groups in total. The Hall–Kier alpha value is -2.45. The lowest BCUT2D eigenvalue weighted by Gasteiger charge is -2.07. The smallest absolute Gasteiger partial charge is 0.281 e. The van der Waals surface area contributed by atoms with Crippen LogP contribution in [0.15, 0.2) is 42.3 Å². The summed E-state index contributed by atoms with van der Waals surface area (Å²) in [4.78, 5) is 23.8. The highest BCUT2D eigenvalue weighted by Crippen LogP contribution is 2.27. The highest BCUT2D eigenvalue weighted by Gasteiger charge is 2.16. The zero-order chi connectivity index (χ0) is 17.8. The first-order valence-electron chi connectivity index (χ1n) is 7.00. The summed E-state index contributed by atoms with van der Waals surface area (Å²) < 4.78 is 30.7. The summed E-state index contributed by atoms with van der Waals surface area (Å²) in [6, 6.07) is 4.55. The second-order valence-corrected chi connectivity index (χ2v) is 6.30. The molecule has 0 radical (unpaired) electrons. The van der Waals surface area contributed by atoms with Crippen LogP contribution < -0.4 is 4.74 Å². The number of alkyl halides is 2. The molecule has 0 fully saturated rings. The predicted octanol–water partition coefficient (Wildman–Crippen LogP) is 4.74. The molecule has 0 bridgehead atoms. The van der Waals surface area contributed by atoms with Crippen LogP contribution in [-0.2, 0) is 6.42 Å². The second-order valence-electron chi connectivity index (χ2n) is 4.92. The molecular weight excluding hydrogens is 372 g/mol. The number of hydrogen-bond acceptors (Lipinski definition) is 6. The lowest BCUT2D eigenvalue weighted by molar-refractivity contribution is 0.0991. The molecule has 128 valence electrons. The molecule has 9 heteroatoms. The lowest BCUT2D eigenvalue weighted by Crippen LogP contribution is -2.04. The summed E-state index contributed by atoms with van der Waals surface area (Å²) in [7, 11) is 0. The van der Waals surface area contributed by atoms with Crippen molar-refractivity contribution in [2.45, 2.75) is 12.8 Å². The Morgan fingerprint density at radius 3 is 2.64 bits per heavy atom. The fourth-order valence-electron chi connectivity index (χ4n) is 2.00. The van der Waals surface area contributed by atoms with Crippen molar-refractivity contribution in [3.63, 3.8) is 0 Å². The number of hydrogen-bond donors (Lipinski definition) is 0. The van der Waals surface area contributed by atoms with E-state index < -0.39 is 6.43 Å². The van der Waals surface area contributed by atoms with Gasteiger partial charge in [0.05, 0.1) is 18.8 Å². The van der Waals surface area contributed by atoms with Crippen LogP contribution in [0.1, 0.15) is 27.5 Å². The molecule has 0 unspecified atom stereocenters. The van der Waals surface area contributed by atoms with Crippen LogP contribution in [0.4, 0.5) is 8.78 Å². The molecule has 0 aliphatic heterocycles. The van der Waals surface area contributed by atoms with Crippen LogP contribution >= 0.6 is 22.9 Å². The standard InChI is InChI=1S/C16H10ClF2N3O2S/c17-10-1-9(2-11(3-10)24-12-5-20-8-21-6-12)14(23)4-15-22-13(7-25-15)16(18)19/h1-3,5-8,16H,4H2. The minimum atomic E-state index is -2.65. The Labute approximate surface area is 150 Å². The van der Waals surface area contributed by atoms with Crippen molar-refractivity contribution in [1.29, 1.82) is 0 Å². The Kier molecular flexibility index (Phi) is 5.30. The largest absolute Gasteiger partial charge is 0.454 e. The first kappa shape index (κ1) is 17.4. The van der Waals surface area contributed by atoms with E-state index in [9.17, 15) is 13.6 Å². The maximum atomic E-state index is 12.6. The number of ketones is 1. The van der Waals surface area contributed by atoms with Crippen LogP contribution in [0.5, 0.6) is 11.5 Å². The van der Waals surface area contributed by atoms with Gasteiger partial charge in [-0.1, -0.05) is 11.6 Å². The predicted molar refractivity (Wildman–Crippen MR) is 88.7 cm³/mol. The number of ether oxygens (including phenoxy) is 1. The van der Waals surface area contributed by atoms with Crippen molar-refractivity contribution < 1.29 is 18.3 Å². The van der Waals surface area contributed by atoms with Gasteiger partial charge < -0.3 is 4.74 Å². The van der Waals surface area contributed by atoms with Gasteiger partial charge in [0.25, 0.3) is 6.43 Å². The SMILES string of the molecule is O=C(Cc1nc(C(F)F)cs1)c1cc(Cl)cc(Oc2cncnc2)c1. The Morgan fingerprint density at radius 1 is 1.20 bits per heavy atom. The molecule has 2 aromatic heterocycles. The van der Waals surface area contributed by atoms with E-state index in [1.807, 2.05) is 0 Å². The van der Waals surface area contributed by atoms with Gasteiger partial charge in [0.2, 0.25) is 0 Å². The summed E-state index contributed by atoms with van der Waals surface area (Å²) in [5, 5.41) is 1.87. The number of rotatable bonds is 6. The molecule has 3 aromatic rings. The van der Waals surface area contributed by atoms with E-state index in [2.05, 4.69) is 15.0 Å². The lowest BCUT2D eigenvalue weighted by atomic mass is 10.1. The summed E-state index contributed by atoms with van der Waals surface area (Å²) in [5.74, 6) is 0.439. The third-order valence-corrected chi connectivity index (χ3v) is 4.16. The van der Waals surface area contributed by atoms with Gasteiger partial charge >= 0.3 is 0 Å². The zero-order valence-electron chi connectivity index (χ0n) is 12.5. The third-order valence-electron chi connectivity index (χ3n) is 3.07. The topological polar surface area (TPSA) is 65.0 Å². The van der Waals surface area contributed by atoms with Gasteiger partial charge in [-0.25, -0.2) is 23.7 Å². The van der Waals surface area contributed by atoms with Gasteiger partial charge in [-0.3, -0.25) is 4.79 Å². The van der Waals surface area contributed by atoms with E-state index in [0.29, 0.717) is 27.1 Å². The average Bonchev–Trinajstić information content (AvgIpc) is 3.04. The monoisotopic (exact) mass is 381 g/mol. The zero-order valence-corrected chi connectivity index (χ0v) is 14.1. The van der Waals surface area contributed by atoms with Crippen molar-refractivity contribution in [3.05, 3.63) is 63.6 Å². The maximum Gasteiger partial charge on any atom is 0.281 e. The van der Waals surface area contributed by atoms with Crippen LogP contribution in [0.25, 0.3) is 0 Å². The molecule has 0 saturated carbocycles. The summed E-state index contributed by atoms with van der Waals surface area (Å²) in [6.07, 6.45) is 1.56. The highest BCUT2D eigenvalue weighted by atomic mass is 35.5. The molecule has 0 aliphatic carbocycles. The van der Waals surface area contributed by atoms with Gasteiger partial charge in [-0.2, -0.15) is 0 Å². The minimum absolute atomic E-state index is 0.0916. The fourth-order valence-corrected chi connectivity index (χ4v) is 3.01. The number of benzene rings is 1. The number of carbonyl (C=O) groups is 1. The quantitative estimate of drug-likeness (QED) is 0.577. The normalized spacial score (nSPS) is 10.9. The summed E-state index contributed by atoms with van der Waals surface area (Å²) >= 11 is 7.05. The van der Waals surface area contributed by atoms with Gasteiger partial charge in [0.15, 0.2) is 11.5 Å². The summed E-state index contributed by atoms with van der Waals surface area (Å²) in [6.45, 7) is 0. The van der Waals surface area contributed by atoms with E-state index in [4.69, 9.17) is 16.3 Å². The first-order chi connectivity index (χ1) is 12.0. The molecule has 25 heavy (non-hydrogen) atoms. The second kappa shape index (κ2) is 7.62. The Morgan fingerprint density at radius 2 is 1.96 bits per heavy atom. The molecule has 1 aromatic carbocycles. The van der Waals surface area contributed by atoms with Crippen molar-refractivity contribution in [2.75, 3.05) is 0 Å². The molecule has 2 heterocycles. The van der Waals surface area contributed by atoms with E-state index >= 15 is 0 Å². The van der Waals surface area contributed by atoms with Gasteiger partial charge in [0.1, 0.15) is 22.8 Å². The number of aromatic nitrogens is 3. The van der Waals surface area contributed by atoms with Crippen LogP contribution in [0, 0.1) is 0 Å². The maximum absolute atomic E-state index is 12.6. The molecule has 0 spiro atoms. The number of thiazole rings is 1. The molecule has 0 aliphatic rings. The molecular formula is C16H10ClF2N3O2S. The van der Waals surface area contributed by atoms with Gasteiger partial charge in [-0.05, 0) is 18.2 Å². The van der Waals surface area contributed by atoms with E-state index in [1.54, 1.807) is 6.07 Å². The van der Waals surface area contributed by atoms with Crippen LogP contribution in [-0.4, -0.2) is 20.7 Å². The van der Waals surface area contributed by atoms with Gasteiger partial charge in [-0.15, -0.1) is 11.3 Å². The Balaban J connectivity index is 1.77. The molecule has 5 nitrogen and oxygen atoms in total. The Bertz CT molecular complexity index is 890. The number of Topliss-reactive ketones (excluding diaryl/α,β-unsaturated/α-hetero) is 1. The van der Waals surface area contributed by atoms with E-state index in [1.165, 1.54) is 36.2 Å². The van der Waals surface area contributed by atoms with Crippen LogP contribution in [0.2, 0.25) is 5.02 Å². The molecule has 0 saturated heterocycles. The minimum Gasteiger partial charge on any atom is -0.454 e. The van der Waals surface area contributed by atoms with Crippen molar-refractivity contribution in [1.82, 2.24) is 15.0 Å². The van der Waals surface area contributed by atoms with E-state index in [0.717, 1.165) is 11.3 Å². The number of carbonyl (C=O) groups excluding carboxylic acids is 1. The third kappa shape index (κ3) is 4.55. The molecule has 0 amide bonds. The van der Waals surface area contributed by atoms with Crippen molar-refractivity contribution in [2.24, 2.45) is 0 Å². The highest BCUT2D eigenvalue weighted by molar-refractivity contribution is 7.09. The number of nitrogens with zero attached hydrogens (tertiary/aromatic N) is 3. The van der Waals surface area contributed by atoms with E-state index in [-0.39, 0.29) is 17.9 Å². The molecule has 3 rings (SSSR count). The van der Waals surface area contributed by atoms with Crippen molar-refractivity contribution >= 4 is 28.7 Å². The van der Waals surface area contributed by atoms with Crippen LogP contribution in [0.3, 0.4) is 0 Å². The van der Waals surface area contributed by atoms with Crippen molar-refractivity contribution in [3.8, 4) is 11.5 Å². The fraction of sp³-hybridized carbons (Fsp3) is 0.125. The molecule has 0 atom stereocenters. The number of halogens is 3. The average molecular weight is 382 g/mol. The first-order valence-corrected chi connectivity index (χ1v) is 8.26. The van der Waals surface area contributed by atoms with Gasteiger partial charge in [0, 0.05) is 16.0 Å².